The molecule has 0 amide bonds. The van der Waals surface area contributed by atoms with Gasteiger partial charge in [-0.1, -0.05) is 71.1 Å². The summed E-state index contributed by atoms with van der Waals surface area (Å²) < 4.78 is 4.87. The molecule has 0 aromatic heterocycles. The third-order valence-electron chi connectivity index (χ3n) is 3.90. The van der Waals surface area contributed by atoms with E-state index < -0.39 is 0 Å². The molecule has 0 saturated heterocycles. The van der Waals surface area contributed by atoms with Gasteiger partial charge in [-0.3, -0.25) is 0 Å². The van der Waals surface area contributed by atoms with Gasteiger partial charge in [0.05, 0.1) is 5.38 Å². The minimum Gasteiger partial charge on any atom is -0.458 e. The molecule has 0 fully saturated rings. The number of esters is 1. The van der Waals surface area contributed by atoms with E-state index in [2.05, 4.69) is 6.92 Å². The second-order valence-electron chi connectivity index (χ2n) is 5.77. The summed E-state index contributed by atoms with van der Waals surface area (Å²) in [4.78, 5) is 10.9. The van der Waals surface area contributed by atoms with E-state index in [4.69, 9.17) is 16.3 Å². The maximum atomic E-state index is 10.9. The van der Waals surface area contributed by atoms with Crippen LogP contribution in [0.15, 0.2) is 11.6 Å². The van der Waals surface area contributed by atoms with Crippen molar-refractivity contribution in [1.82, 2.24) is 0 Å². The van der Waals surface area contributed by atoms with E-state index in [-0.39, 0.29) is 11.3 Å². The normalized spacial score (nSPS) is 16.1. The van der Waals surface area contributed by atoms with Gasteiger partial charge in [-0.2, -0.15) is 0 Å². The fourth-order valence-corrected chi connectivity index (χ4v) is 2.85. The van der Waals surface area contributed by atoms with Gasteiger partial charge in [-0.05, 0) is 12.0 Å². The van der Waals surface area contributed by atoms with Crippen LogP contribution in [0, 0.1) is 0 Å². The van der Waals surface area contributed by atoms with Crippen LogP contribution in [0.2, 0.25) is 0 Å². The minimum absolute atomic E-state index is 0.0181. The Morgan fingerprint density at radius 3 is 2.10 bits per heavy atom. The number of hydrogen-bond acceptors (Lipinski definition) is 2. The Morgan fingerprint density at radius 2 is 1.60 bits per heavy atom. The van der Waals surface area contributed by atoms with Crippen LogP contribution < -0.4 is 0 Å². The van der Waals surface area contributed by atoms with Crippen LogP contribution in [0.5, 0.6) is 0 Å². The Morgan fingerprint density at radius 1 is 1.05 bits per heavy atom. The van der Waals surface area contributed by atoms with Crippen LogP contribution in [-0.4, -0.2) is 18.0 Å². The van der Waals surface area contributed by atoms with Crippen molar-refractivity contribution in [3.8, 4) is 0 Å². The molecule has 0 radical (unpaired) electrons. The Kier molecular flexibility index (Phi) is 9.82. The summed E-state index contributed by atoms with van der Waals surface area (Å²) in [6, 6.07) is 0. The molecular formula is C17H29ClO2. The fourth-order valence-electron chi connectivity index (χ4n) is 2.57. The number of carbonyl (C=O) groups is 1. The molecule has 20 heavy (non-hydrogen) atoms. The first-order chi connectivity index (χ1) is 9.74. The van der Waals surface area contributed by atoms with E-state index in [0.29, 0.717) is 6.61 Å². The van der Waals surface area contributed by atoms with E-state index in [1.165, 1.54) is 57.8 Å². The quantitative estimate of drug-likeness (QED) is 0.274. The highest BCUT2D eigenvalue weighted by Crippen LogP contribution is 2.21. The molecule has 0 saturated carbocycles. The van der Waals surface area contributed by atoms with Gasteiger partial charge in [0, 0.05) is 6.08 Å². The van der Waals surface area contributed by atoms with Crippen molar-refractivity contribution < 1.29 is 9.53 Å². The highest BCUT2D eigenvalue weighted by Gasteiger charge is 2.19. The first-order valence-electron chi connectivity index (χ1n) is 8.25. The molecule has 0 bridgehead atoms. The fraction of sp³-hybridized carbons (Fsp3) is 0.824. The summed E-state index contributed by atoms with van der Waals surface area (Å²) in [6.07, 6.45) is 15.9. The molecule has 2 nitrogen and oxygen atoms in total. The van der Waals surface area contributed by atoms with E-state index in [0.717, 1.165) is 18.4 Å². The molecule has 0 spiro atoms. The number of rotatable bonds is 12. The summed E-state index contributed by atoms with van der Waals surface area (Å²) in [7, 11) is 0. The standard InChI is InChI=1S/C17H29ClO2/c1-2-3-4-5-6-7-8-9-10-11-12-16(18)15-13-17(19)20-14-15/h13,16H,2-12,14H2,1H3. The number of hydrogen-bond donors (Lipinski definition) is 0. The minimum atomic E-state index is -0.242. The number of unbranched alkanes of at least 4 members (excludes halogenated alkanes) is 9. The number of ether oxygens (including phenoxy) is 1. The molecule has 1 rings (SSSR count). The van der Waals surface area contributed by atoms with Crippen molar-refractivity contribution >= 4 is 17.6 Å². The van der Waals surface area contributed by atoms with Gasteiger partial charge in [-0.15, -0.1) is 11.6 Å². The second kappa shape index (κ2) is 11.2. The third-order valence-corrected chi connectivity index (χ3v) is 4.40. The smallest absolute Gasteiger partial charge is 0.331 e. The molecule has 0 aromatic rings. The average Bonchev–Trinajstić information content (AvgIpc) is 2.87. The molecule has 3 heteroatoms. The van der Waals surface area contributed by atoms with Crippen molar-refractivity contribution in [3.63, 3.8) is 0 Å². The highest BCUT2D eigenvalue weighted by molar-refractivity contribution is 6.22. The molecule has 1 aliphatic rings. The van der Waals surface area contributed by atoms with Crippen LogP contribution in [0.1, 0.15) is 77.6 Å². The Balaban J connectivity index is 1.87. The van der Waals surface area contributed by atoms with Crippen LogP contribution in [0.3, 0.4) is 0 Å². The van der Waals surface area contributed by atoms with Crippen molar-refractivity contribution in [3.05, 3.63) is 11.6 Å². The molecule has 1 aliphatic heterocycles. The van der Waals surface area contributed by atoms with Crippen molar-refractivity contribution in [2.45, 2.75) is 82.9 Å². The topological polar surface area (TPSA) is 26.3 Å². The number of halogens is 1. The molecular weight excluding hydrogens is 272 g/mol. The third kappa shape index (κ3) is 7.94. The van der Waals surface area contributed by atoms with Crippen molar-refractivity contribution in [1.29, 1.82) is 0 Å². The molecule has 0 aromatic carbocycles. The summed E-state index contributed by atoms with van der Waals surface area (Å²) >= 11 is 6.26. The lowest BCUT2D eigenvalue weighted by Crippen LogP contribution is -2.04. The predicted octanol–water partition coefficient (Wildman–Crippen LogP) is 5.39. The van der Waals surface area contributed by atoms with Crippen molar-refractivity contribution in [2.75, 3.05) is 6.61 Å². The lowest BCUT2D eigenvalue weighted by Gasteiger charge is -2.09. The number of cyclic esters (lactones) is 1. The van der Waals surface area contributed by atoms with Crippen LogP contribution in [-0.2, 0) is 9.53 Å². The monoisotopic (exact) mass is 300 g/mol. The summed E-state index contributed by atoms with van der Waals surface area (Å²) in [5, 5.41) is -0.0181. The second-order valence-corrected chi connectivity index (χ2v) is 6.29. The van der Waals surface area contributed by atoms with Gasteiger partial charge in [-0.25, -0.2) is 4.79 Å². The zero-order valence-electron chi connectivity index (χ0n) is 12.8. The lowest BCUT2D eigenvalue weighted by atomic mass is 10.0. The molecule has 0 N–H and O–H groups in total. The molecule has 1 atom stereocenters. The summed E-state index contributed by atoms with van der Waals surface area (Å²) in [5.74, 6) is -0.242. The largest absolute Gasteiger partial charge is 0.458 e. The van der Waals surface area contributed by atoms with Crippen LogP contribution in [0.25, 0.3) is 0 Å². The highest BCUT2D eigenvalue weighted by atomic mass is 35.5. The van der Waals surface area contributed by atoms with E-state index >= 15 is 0 Å². The lowest BCUT2D eigenvalue weighted by molar-refractivity contribution is -0.134. The maximum absolute atomic E-state index is 10.9. The van der Waals surface area contributed by atoms with E-state index in [1.807, 2.05) is 0 Å². The van der Waals surface area contributed by atoms with Crippen molar-refractivity contribution in [2.24, 2.45) is 0 Å². The zero-order valence-corrected chi connectivity index (χ0v) is 13.6. The summed E-state index contributed by atoms with van der Waals surface area (Å²) in [6.45, 7) is 2.65. The van der Waals surface area contributed by atoms with E-state index in [9.17, 15) is 4.79 Å². The molecule has 1 unspecified atom stereocenters. The number of alkyl halides is 1. The first kappa shape index (κ1) is 17.6. The van der Waals surface area contributed by atoms with E-state index in [1.54, 1.807) is 6.08 Å². The summed E-state index contributed by atoms with van der Waals surface area (Å²) in [5.41, 5.74) is 0.951. The molecule has 1 heterocycles. The van der Waals surface area contributed by atoms with Gasteiger partial charge >= 0.3 is 5.97 Å². The number of carbonyl (C=O) groups excluding carboxylic acids is 1. The zero-order chi connectivity index (χ0) is 14.6. The average molecular weight is 301 g/mol. The van der Waals surface area contributed by atoms with Gasteiger partial charge in [0.1, 0.15) is 6.61 Å². The van der Waals surface area contributed by atoms with Gasteiger partial charge in [0.25, 0.3) is 0 Å². The predicted molar refractivity (Wildman–Crippen MR) is 85.1 cm³/mol. The maximum Gasteiger partial charge on any atom is 0.331 e. The first-order valence-corrected chi connectivity index (χ1v) is 8.69. The van der Waals surface area contributed by atoms with Gasteiger partial charge < -0.3 is 4.74 Å². The van der Waals surface area contributed by atoms with Gasteiger partial charge in [0.2, 0.25) is 0 Å². The molecule has 0 aliphatic carbocycles. The van der Waals surface area contributed by atoms with Crippen LogP contribution >= 0.6 is 11.6 Å². The Bertz CT molecular complexity index is 299. The van der Waals surface area contributed by atoms with Crippen LogP contribution in [0.4, 0.5) is 0 Å². The Labute approximate surface area is 128 Å². The SMILES string of the molecule is CCCCCCCCCCCCC(Cl)C1=CC(=O)OC1. The Hall–Kier alpha value is -0.500. The van der Waals surface area contributed by atoms with Gasteiger partial charge in [0.15, 0.2) is 0 Å². The molecule has 116 valence electrons.